The van der Waals surface area contributed by atoms with E-state index in [0.29, 0.717) is 4.48 Å². The molecule has 0 aromatic heterocycles. The molecule has 14 heavy (non-hydrogen) atoms. The summed E-state index contributed by atoms with van der Waals surface area (Å²) in [7, 11) is 0. The molecule has 2 heterocycles. The van der Waals surface area contributed by atoms with Gasteiger partial charge in [0.2, 0.25) is 0 Å². The number of piperazine rings is 1. The molecule has 0 atom stereocenters. The van der Waals surface area contributed by atoms with Crippen molar-refractivity contribution in [2.24, 2.45) is 0 Å². The summed E-state index contributed by atoms with van der Waals surface area (Å²) in [6.07, 6.45) is 0. The van der Waals surface area contributed by atoms with E-state index in [1.165, 1.54) is 0 Å². The summed E-state index contributed by atoms with van der Waals surface area (Å²) in [4.78, 5) is 14.0. The van der Waals surface area contributed by atoms with Crippen LogP contribution in [0.3, 0.4) is 0 Å². The second kappa shape index (κ2) is 2.58. The molecule has 3 nitrogen and oxygen atoms in total. The third kappa shape index (κ3) is 0.826. The van der Waals surface area contributed by atoms with Crippen molar-refractivity contribution < 1.29 is 4.79 Å². The number of hydrogen-bond donors (Lipinski definition) is 0. The Labute approximate surface area is 83.1 Å². The molecule has 2 fully saturated rings. The zero-order valence-corrected chi connectivity index (χ0v) is 8.02. The van der Waals surface area contributed by atoms with Crippen LogP contribution in [0.4, 0.5) is 10.5 Å². The average molecular weight is 189 g/mol. The van der Waals surface area contributed by atoms with Crippen LogP contribution in [-0.4, -0.2) is 37.1 Å². The highest BCUT2D eigenvalue weighted by Crippen LogP contribution is 2.33. The summed E-state index contributed by atoms with van der Waals surface area (Å²) in [5, 5.41) is 0. The number of benzene rings is 1. The van der Waals surface area contributed by atoms with Crippen LogP contribution in [-0.2, 0) is 0 Å². The number of nitrogens with zero attached hydrogens (tertiary/aromatic N) is 2. The molecule has 0 radical (unpaired) electrons. The van der Waals surface area contributed by atoms with Crippen molar-refractivity contribution in [2.45, 2.75) is 0 Å². The monoisotopic (exact) mass is 189 g/mol. The fourth-order valence-electron chi connectivity index (χ4n) is 2.54. The van der Waals surface area contributed by atoms with Gasteiger partial charge >= 0.3 is 6.03 Å². The predicted molar refractivity (Wildman–Crippen MR) is 54.9 cm³/mol. The van der Waals surface area contributed by atoms with Gasteiger partial charge in [-0.3, -0.25) is 4.90 Å². The first-order valence-corrected chi connectivity index (χ1v) is 5.05. The fourth-order valence-corrected chi connectivity index (χ4v) is 2.54. The summed E-state index contributed by atoms with van der Waals surface area (Å²) in [6.45, 7) is 3.74. The highest BCUT2D eigenvalue weighted by molar-refractivity contribution is 5.91. The molecule has 0 aliphatic carbocycles. The summed E-state index contributed by atoms with van der Waals surface area (Å²) >= 11 is 0. The SMILES string of the molecule is O=C1N2CC[N+]1(c1ccccc1)CC2. The molecule has 0 saturated carbocycles. The Balaban J connectivity index is 2.09. The summed E-state index contributed by atoms with van der Waals surface area (Å²) in [5.41, 5.74) is 1.15. The number of carbonyl (C=O) groups excluding carboxylic acids is 1. The molecule has 2 aliphatic rings. The van der Waals surface area contributed by atoms with Gasteiger partial charge in [-0.25, -0.2) is 9.28 Å². The van der Waals surface area contributed by atoms with Gasteiger partial charge in [-0.05, 0) is 12.1 Å². The van der Waals surface area contributed by atoms with Gasteiger partial charge in [0.05, 0.1) is 13.1 Å². The molecule has 0 N–H and O–H groups in total. The van der Waals surface area contributed by atoms with Crippen LogP contribution in [0.5, 0.6) is 0 Å². The zero-order valence-electron chi connectivity index (χ0n) is 8.02. The lowest BCUT2D eigenvalue weighted by Crippen LogP contribution is -2.48. The lowest BCUT2D eigenvalue weighted by atomic mass is 10.2. The predicted octanol–water partition coefficient (Wildman–Crippen LogP) is 1.44. The molecular formula is C11H13N2O+. The molecule has 2 amide bonds. The van der Waals surface area contributed by atoms with E-state index in [0.717, 1.165) is 31.9 Å². The van der Waals surface area contributed by atoms with E-state index in [1.54, 1.807) is 0 Å². The maximum absolute atomic E-state index is 12.0. The highest BCUT2D eigenvalue weighted by atomic mass is 16.2. The van der Waals surface area contributed by atoms with Crippen molar-refractivity contribution >= 4 is 11.7 Å². The van der Waals surface area contributed by atoms with Crippen molar-refractivity contribution in [1.29, 1.82) is 0 Å². The Kier molecular flexibility index (Phi) is 1.47. The summed E-state index contributed by atoms with van der Waals surface area (Å²) in [5.74, 6) is 0. The Morgan fingerprint density at radius 1 is 1.07 bits per heavy atom. The topological polar surface area (TPSA) is 20.3 Å². The van der Waals surface area contributed by atoms with Gasteiger partial charge in [0.1, 0.15) is 18.8 Å². The van der Waals surface area contributed by atoms with Crippen molar-refractivity contribution in [3.8, 4) is 0 Å². The fraction of sp³-hybridized carbons (Fsp3) is 0.364. The Morgan fingerprint density at radius 2 is 1.71 bits per heavy atom. The first kappa shape index (κ1) is 8.00. The first-order valence-electron chi connectivity index (χ1n) is 5.05. The second-order valence-electron chi connectivity index (χ2n) is 4.02. The van der Waals surface area contributed by atoms with E-state index >= 15 is 0 Å². The molecule has 0 spiro atoms. The van der Waals surface area contributed by atoms with E-state index in [-0.39, 0.29) is 6.03 Å². The molecule has 72 valence electrons. The van der Waals surface area contributed by atoms with Gasteiger partial charge < -0.3 is 0 Å². The maximum atomic E-state index is 12.0. The number of carbonyl (C=O) groups is 1. The molecule has 0 unspecified atom stereocenters. The van der Waals surface area contributed by atoms with E-state index in [1.807, 2.05) is 23.1 Å². The largest absolute Gasteiger partial charge is 0.424 e. The number of hydrogen-bond acceptors (Lipinski definition) is 1. The van der Waals surface area contributed by atoms with Crippen molar-refractivity contribution in [3.05, 3.63) is 30.3 Å². The lowest BCUT2D eigenvalue weighted by molar-refractivity contribution is 0.217. The Hall–Kier alpha value is -1.35. The molecule has 1 aromatic carbocycles. The molecule has 1 aromatic rings. The van der Waals surface area contributed by atoms with Crippen LogP contribution in [0, 0.1) is 0 Å². The van der Waals surface area contributed by atoms with Gasteiger partial charge in [0, 0.05) is 0 Å². The maximum Gasteiger partial charge on any atom is 0.424 e. The minimum atomic E-state index is 0.288. The number of para-hydroxylation sites is 1. The molecular weight excluding hydrogens is 176 g/mol. The molecule has 2 aliphatic heterocycles. The van der Waals surface area contributed by atoms with Crippen molar-refractivity contribution in [2.75, 3.05) is 26.2 Å². The molecule has 2 saturated heterocycles. The van der Waals surface area contributed by atoms with Crippen molar-refractivity contribution in [1.82, 2.24) is 9.38 Å². The van der Waals surface area contributed by atoms with Gasteiger partial charge in [-0.1, -0.05) is 18.2 Å². The van der Waals surface area contributed by atoms with Crippen LogP contribution in [0.1, 0.15) is 0 Å². The smallest absolute Gasteiger partial charge is 0.281 e. The first-order chi connectivity index (χ1) is 6.83. The quantitative estimate of drug-likeness (QED) is 0.612. The van der Waals surface area contributed by atoms with Crippen LogP contribution in [0.15, 0.2) is 30.3 Å². The molecule has 3 rings (SSSR count). The summed E-state index contributed by atoms with van der Waals surface area (Å²) in [6, 6.07) is 10.4. The molecule has 3 heteroatoms. The zero-order chi connectivity index (χ0) is 9.60. The number of rotatable bonds is 1. The average Bonchev–Trinajstić information content (AvgIpc) is 2.75. The Morgan fingerprint density at radius 3 is 2.21 bits per heavy atom. The number of urea groups is 1. The minimum absolute atomic E-state index is 0.288. The number of amides is 2. The van der Waals surface area contributed by atoms with Gasteiger partial charge in [-0.15, -0.1) is 0 Å². The van der Waals surface area contributed by atoms with Gasteiger partial charge in [0.25, 0.3) is 0 Å². The lowest BCUT2D eigenvalue weighted by Gasteiger charge is -2.25. The van der Waals surface area contributed by atoms with Crippen LogP contribution in [0.25, 0.3) is 0 Å². The van der Waals surface area contributed by atoms with Crippen LogP contribution < -0.4 is 4.48 Å². The van der Waals surface area contributed by atoms with Crippen LogP contribution >= 0.6 is 0 Å². The third-order valence-corrected chi connectivity index (χ3v) is 3.39. The molecule has 2 bridgehead atoms. The van der Waals surface area contributed by atoms with Gasteiger partial charge in [0.15, 0.2) is 0 Å². The number of fused-ring (bicyclic) bond motifs is 2. The highest BCUT2D eigenvalue weighted by Gasteiger charge is 2.53. The standard InChI is InChI=1S/C11H13N2O/c14-11-12-6-8-13(11,9-7-12)10-4-2-1-3-5-10/h1-5H,6-9H2/q+1. The van der Waals surface area contributed by atoms with Crippen LogP contribution in [0.2, 0.25) is 0 Å². The van der Waals surface area contributed by atoms with E-state index in [4.69, 9.17) is 0 Å². The van der Waals surface area contributed by atoms with E-state index < -0.39 is 0 Å². The van der Waals surface area contributed by atoms with Gasteiger partial charge in [-0.2, -0.15) is 0 Å². The number of quaternary nitrogens is 1. The Bertz CT molecular complexity index is 366. The van der Waals surface area contributed by atoms with Crippen molar-refractivity contribution in [3.63, 3.8) is 0 Å². The minimum Gasteiger partial charge on any atom is -0.281 e. The third-order valence-electron chi connectivity index (χ3n) is 3.39. The summed E-state index contributed by atoms with van der Waals surface area (Å²) < 4.78 is 0.556. The van der Waals surface area contributed by atoms with E-state index in [9.17, 15) is 4.79 Å². The van der Waals surface area contributed by atoms with E-state index in [2.05, 4.69) is 12.1 Å². The second-order valence-corrected chi connectivity index (χ2v) is 4.02. The normalized spacial score (nSPS) is 23.1.